The smallest absolute Gasteiger partial charge is 0.211 e. The van der Waals surface area contributed by atoms with Crippen LogP contribution in [0.2, 0.25) is 0 Å². The van der Waals surface area contributed by atoms with Crippen molar-refractivity contribution in [2.75, 3.05) is 0 Å². The second kappa shape index (κ2) is 4.13. The molecule has 0 amide bonds. The molecule has 0 N–H and O–H groups in total. The molecule has 0 bridgehead atoms. The van der Waals surface area contributed by atoms with Crippen molar-refractivity contribution in [3.63, 3.8) is 0 Å². The van der Waals surface area contributed by atoms with Crippen LogP contribution in [0.25, 0.3) is 0 Å². The molecule has 1 heterocycles. The molecule has 2 rings (SSSR count). The normalized spacial score (nSPS) is 10.6. The molecule has 0 atom stereocenters. The first-order valence-corrected chi connectivity index (χ1v) is 5.30. The Bertz CT molecular complexity index is 587. The molecule has 0 radical (unpaired) electrons. The largest absolute Gasteiger partial charge is 0.287 e. The van der Waals surface area contributed by atoms with E-state index in [1.807, 2.05) is 6.92 Å². The maximum atomic E-state index is 13.1. The highest BCUT2D eigenvalue weighted by Crippen LogP contribution is 2.14. The lowest BCUT2D eigenvalue weighted by atomic mass is 10.1. The third-order valence-corrected chi connectivity index (χ3v) is 2.65. The number of aromatic nitrogens is 2. The van der Waals surface area contributed by atoms with Gasteiger partial charge in [0.25, 0.3) is 0 Å². The molecule has 0 aliphatic carbocycles. The van der Waals surface area contributed by atoms with Crippen molar-refractivity contribution in [2.45, 2.75) is 13.8 Å². The first kappa shape index (κ1) is 11.5. The van der Waals surface area contributed by atoms with Crippen LogP contribution in [0.5, 0.6) is 0 Å². The zero-order valence-corrected chi connectivity index (χ0v) is 9.99. The summed E-state index contributed by atoms with van der Waals surface area (Å²) in [4.78, 5) is 12.2. The standard InChI is InChI=1S/C13H13FN2O/c1-8-6-10(4-5-11(8)14)13(17)12-7-9(2)15-16(12)3/h4-7H,1-3H3. The Morgan fingerprint density at radius 2 is 2.00 bits per heavy atom. The van der Waals surface area contributed by atoms with Crippen molar-refractivity contribution in [1.82, 2.24) is 9.78 Å². The van der Waals surface area contributed by atoms with Gasteiger partial charge in [-0.1, -0.05) is 0 Å². The Kier molecular flexibility index (Phi) is 2.79. The van der Waals surface area contributed by atoms with Gasteiger partial charge in [-0.05, 0) is 43.7 Å². The summed E-state index contributed by atoms with van der Waals surface area (Å²) in [7, 11) is 1.72. The Morgan fingerprint density at radius 1 is 1.29 bits per heavy atom. The van der Waals surface area contributed by atoms with E-state index in [0.29, 0.717) is 16.8 Å². The van der Waals surface area contributed by atoms with Crippen LogP contribution >= 0.6 is 0 Å². The van der Waals surface area contributed by atoms with Gasteiger partial charge >= 0.3 is 0 Å². The quantitative estimate of drug-likeness (QED) is 0.745. The predicted molar refractivity (Wildman–Crippen MR) is 62.5 cm³/mol. The SMILES string of the molecule is Cc1cc(C(=O)c2ccc(F)c(C)c2)n(C)n1. The molecule has 17 heavy (non-hydrogen) atoms. The Hall–Kier alpha value is -1.97. The van der Waals surface area contributed by atoms with E-state index in [4.69, 9.17) is 0 Å². The molecule has 88 valence electrons. The van der Waals surface area contributed by atoms with Gasteiger partial charge < -0.3 is 0 Å². The minimum atomic E-state index is -0.303. The molecule has 1 aromatic carbocycles. The van der Waals surface area contributed by atoms with Crippen molar-refractivity contribution in [3.05, 3.63) is 52.6 Å². The topological polar surface area (TPSA) is 34.9 Å². The van der Waals surface area contributed by atoms with Gasteiger partial charge in [0.1, 0.15) is 11.5 Å². The summed E-state index contributed by atoms with van der Waals surface area (Å²) in [6.07, 6.45) is 0. The van der Waals surface area contributed by atoms with Gasteiger partial charge in [0.15, 0.2) is 0 Å². The van der Waals surface area contributed by atoms with Crippen LogP contribution < -0.4 is 0 Å². The molecular formula is C13H13FN2O. The van der Waals surface area contributed by atoms with Crippen molar-refractivity contribution < 1.29 is 9.18 Å². The summed E-state index contributed by atoms with van der Waals surface area (Å²) in [6, 6.07) is 6.08. The number of rotatable bonds is 2. The molecule has 3 nitrogen and oxygen atoms in total. The second-order valence-electron chi connectivity index (χ2n) is 4.09. The third kappa shape index (κ3) is 2.11. The van der Waals surface area contributed by atoms with Gasteiger partial charge in [0.2, 0.25) is 5.78 Å². The zero-order valence-electron chi connectivity index (χ0n) is 9.99. The van der Waals surface area contributed by atoms with Crippen LogP contribution in [0.15, 0.2) is 24.3 Å². The van der Waals surface area contributed by atoms with E-state index >= 15 is 0 Å². The van der Waals surface area contributed by atoms with Crippen LogP contribution in [0.4, 0.5) is 4.39 Å². The maximum Gasteiger partial charge on any atom is 0.211 e. The highest BCUT2D eigenvalue weighted by Gasteiger charge is 2.14. The van der Waals surface area contributed by atoms with Crippen molar-refractivity contribution in [3.8, 4) is 0 Å². The van der Waals surface area contributed by atoms with Gasteiger partial charge in [-0.15, -0.1) is 0 Å². The van der Waals surface area contributed by atoms with Gasteiger partial charge in [0, 0.05) is 12.6 Å². The van der Waals surface area contributed by atoms with Crippen molar-refractivity contribution in [2.24, 2.45) is 7.05 Å². The van der Waals surface area contributed by atoms with Gasteiger partial charge in [-0.25, -0.2) is 4.39 Å². The minimum Gasteiger partial charge on any atom is -0.287 e. The lowest BCUT2D eigenvalue weighted by Crippen LogP contribution is -2.08. The number of benzene rings is 1. The van der Waals surface area contributed by atoms with E-state index < -0.39 is 0 Å². The number of halogens is 1. The lowest BCUT2D eigenvalue weighted by Gasteiger charge is -2.03. The van der Waals surface area contributed by atoms with Gasteiger partial charge in [0.05, 0.1) is 5.69 Å². The molecule has 0 aliphatic rings. The van der Waals surface area contributed by atoms with Crippen molar-refractivity contribution >= 4 is 5.78 Å². The molecule has 0 saturated carbocycles. The van der Waals surface area contributed by atoms with Crippen LogP contribution in [0, 0.1) is 19.7 Å². The van der Waals surface area contributed by atoms with Crippen LogP contribution in [0.1, 0.15) is 27.3 Å². The predicted octanol–water partition coefficient (Wildman–Crippen LogP) is 2.41. The molecule has 0 saturated heterocycles. The number of hydrogen-bond acceptors (Lipinski definition) is 2. The van der Waals surface area contributed by atoms with E-state index in [1.54, 1.807) is 26.1 Å². The number of carbonyl (C=O) groups excluding carboxylic acids is 1. The fraction of sp³-hybridized carbons (Fsp3) is 0.231. The molecule has 0 spiro atoms. The fourth-order valence-corrected chi connectivity index (χ4v) is 1.76. The summed E-state index contributed by atoms with van der Waals surface area (Å²) in [5.41, 5.74) is 2.24. The summed E-state index contributed by atoms with van der Waals surface area (Å²) in [5, 5.41) is 4.12. The van der Waals surface area contributed by atoms with Crippen LogP contribution in [-0.2, 0) is 7.05 Å². The van der Waals surface area contributed by atoms with E-state index in [9.17, 15) is 9.18 Å². The number of aryl methyl sites for hydroxylation is 3. The number of nitrogens with zero attached hydrogens (tertiary/aromatic N) is 2. The maximum absolute atomic E-state index is 13.1. The van der Waals surface area contributed by atoms with Crippen LogP contribution in [0.3, 0.4) is 0 Å². The third-order valence-electron chi connectivity index (χ3n) is 2.65. The lowest BCUT2D eigenvalue weighted by molar-refractivity contribution is 0.103. The number of carbonyl (C=O) groups is 1. The Labute approximate surface area is 98.9 Å². The molecule has 0 unspecified atom stereocenters. The highest BCUT2D eigenvalue weighted by atomic mass is 19.1. The number of ketones is 1. The second-order valence-corrected chi connectivity index (χ2v) is 4.09. The first-order chi connectivity index (χ1) is 7.99. The Balaban J connectivity index is 2.44. The minimum absolute atomic E-state index is 0.142. The van der Waals surface area contributed by atoms with E-state index in [1.165, 1.54) is 16.8 Å². The molecule has 0 aliphatic heterocycles. The van der Waals surface area contributed by atoms with E-state index in [0.717, 1.165) is 5.69 Å². The Morgan fingerprint density at radius 3 is 2.53 bits per heavy atom. The molecule has 4 heteroatoms. The molecule has 2 aromatic rings. The molecule has 0 fully saturated rings. The first-order valence-electron chi connectivity index (χ1n) is 5.30. The summed E-state index contributed by atoms with van der Waals surface area (Å²) in [6.45, 7) is 3.47. The van der Waals surface area contributed by atoms with Gasteiger partial charge in [-0.3, -0.25) is 9.48 Å². The van der Waals surface area contributed by atoms with Crippen molar-refractivity contribution in [1.29, 1.82) is 0 Å². The average molecular weight is 232 g/mol. The highest BCUT2D eigenvalue weighted by molar-refractivity contribution is 6.08. The zero-order chi connectivity index (χ0) is 12.6. The summed E-state index contributed by atoms with van der Waals surface area (Å²) < 4.78 is 14.7. The average Bonchev–Trinajstić information content (AvgIpc) is 2.61. The van der Waals surface area contributed by atoms with E-state index in [2.05, 4.69) is 5.10 Å². The molecular weight excluding hydrogens is 219 g/mol. The summed E-state index contributed by atoms with van der Waals surface area (Å²) >= 11 is 0. The van der Waals surface area contributed by atoms with E-state index in [-0.39, 0.29) is 11.6 Å². The van der Waals surface area contributed by atoms with Gasteiger partial charge in [-0.2, -0.15) is 5.10 Å². The summed E-state index contributed by atoms with van der Waals surface area (Å²) in [5.74, 6) is -0.445. The monoisotopic (exact) mass is 232 g/mol. The van der Waals surface area contributed by atoms with Crippen LogP contribution in [-0.4, -0.2) is 15.6 Å². The number of hydrogen-bond donors (Lipinski definition) is 0. The fourth-order valence-electron chi connectivity index (χ4n) is 1.76. The molecule has 1 aromatic heterocycles.